The summed E-state index contributed by atoms with van der Waals surface area (Å²) in [5, 5.41) is 13.4. The molecule has 0 aliphatic carbocycles. The Hall–Kier alpha value is -2.40. The maximum Gasteiger partial charge on any atom is 0.257 e. The van der Waals surface area contributed by atoms with Crippen LogP contribution in [0.15, 0.2) is 47.0 Å². The molecule has 0 saturated carbocycles. The van der Waals surface area contributed by atoms with E-state index in [2.05, 4.69) is 10.1 Å². The first kappa shape index (κ1) is 13.6. The Bertz CT molecular complexity index is 751. The molecule has 0 unspecified atom stereocenters. The SMILES string of the molecule is Oc1ccc(-c2nc(Cc3c(F)cccc3Cl)no2)cc1. The van der Waals surface area contributed by atoms with Crippen LogP contribution in [0, 0.1) is 5.82 Å². The van der Waals surface area contributed by atoms with E-state index in [1.54, 1.807) is 24.3 Å². The van der Waals surface area contributed by atoms with E-state index in [1.807, 2.05) is 0 Å². The third kappa shape index (κ3) is 2.87. The highest BCUT2D eigenvalue weighted by Crippen LogP contribution is 2.24. The smallest absolute Gasteiger partial charge is 0.257 e. The van der Waals surface area contributed by atoms with E-state index in [9.17, 15) is 9.50 Å². The first-order valence-electron chi connectivity index (χ1n) is 6.18. The number of hydrogen-bond acceptors (Lipinski definition) is 4. The second kappa shape index (κ2) is 5.54. The van der Waals surface area contributed by atoms with Crippen molar-refractivity contribution in [3.63, 3.8) is 0 Å². The minimum Gasteiger partial charge on any atom is -0.508 e. The number of benzene rings is 2. The predicted molar refractivity (Wildman–Crippen MR) is 75.6 cm³/mol. The van der Waals surface area contributed by atoms with E-state index >= 15 is 0 Å². The quantitative estimate of drug-likeness (QED) is 0.799. The number of phenols is 1. The molecule has 106 valence electrons. The monoisotopic (exact) mass is 304 g/mol. The van der Waals surface area contributed by atoms with Gasteiger partial charge in [-0.25, -0.2) is 4.39 Å². The molecule has 3 rings (SSSR count). The van der Waals surface area contributed by atoms with Crippen molar-refractivity contribution in [3.8, 4) is 17.2 Å². The Labute approximate surface area is 124 Å². The highest BCUT2D eigenvalue weighted by Gasteiger charge is 2.13. The fourth-order valence-corrected chi connectivity index (χ4v) is 2.14. The lowest BCUT2D eigenvalue weighted by Crippen LogP contribution is -1.95. The fourth-order valence-electron chi connectivity index (χ4n) is 1.91. The number of phenolic OH excluding ortho intramolecular Hbond substituents is 1. The fraction of sp³-hybridized carbons (Fsp3) is 0.0667. The van der Waals surface area contributed by atoms with Crippen LogP contribution in [-0.2, 0) is 6.42 Å². The minimum absolute atomic E-state index is 0.146. The molecule has 6 heteroatoms. The summed E-state index contributed by atoms with van der Waals surface area (Å²) in [6, 6.07) is 10.8. The molecule has 0 aliphatic rings. The second-order valence-corrected chi connectivity index (χ2v) is 4.85. The zero-order chi connectivity index (χ0) is 14.8. The lowest BCUT2D eigenvalue weighted by atomic mass is 10.1. The van der Waals surface area contributed by atoms with Gasteiger partial charge in [0.25, 0.3) is 5.89 Å². The largest absolute Gasteiger partial charge is 0.508 e. The van der Waals surface area contributed by atoms with Gasteiger partial charge in [0.2, 0.25) is 0 Å². The van der Waals surface area contributed by atoms with Gasteiger partial charge in [-0.2, -0.15) is 4.98 Å². The Morgan fingerprint density at radius 3 is 2.62 bits per heavy atom. The summed E-state index contributed by atoms with van der Waals surface area (Å²) < 4.78 is 18.8. The summed E-state index contributed by atoms with van der Waals surface area (Å²) in [4.78, 5) is 4.20. The van der Waals surface area contributed by atoms with Gasteiger partial charge in [0.15, 0.2) is 5.82 Å². The van der Waals surface area contributed by atoms with Crippen LogP contribution in [-0.4, -0.2) is 15.2 Å². The molecule has 21 heavy (non-hydrogen) atoms. The first-order valence-corrected chi connectivity index (χ1v) is 6.56. The number of rotatable bonds is 3. The summed E-state index contributed by atoms with van der Waals surface area (Å²) in [6.07, 6.45) is 0.146. The molecule has 1 heterocycles. The van der Waals surface area contributed by atoms with Crippen LogP contribution in [0.25, 0.3) is 11.5 Å². The summed E-state index contributed by atoms with van der Waals surface area (Å²) in [5.74, 6) is 0.387. The lowest BCUT2D eigenvalue weighted by molar-refractivity contribution is 0.423. The van der Waals surface area contributed by atoms with Crippen LogP contribution < -0.4 is 0 Å². The van der Waals surface area contributed by atoms with Gasteiger partial charge in [-0.3, -0.25) is 0 Å². The Kier molecular flexibility index (Phi) is 3.58. The van der Waals surface area contributed by atoms with Crippen molar-refractivity contribution in [1.29, 1.82) is 0 Å². The number of halogens is 2. The highest BCUT2D eigenvalue weighted by molar-refractivity contribution is 6.31. The molecule has 0 atom stereocenters. The topological polar surface area (TPSA) is 59.2 Å². The van der Waals surface area contributed by atoms with Crippen molar-refractivity contribution in [2.24, 2.45) is 0 Å². The Morgan fingerprint density at radius 2 is 1.90 bits per heavy atom. The molecule has 0 amide bonds. The van der Waals surface area contributed by atoms with E-state index < -0.39 is 5.82 Å². The van der Waals surface area contributed by atoms with Gasteiger partial charge in [-0.1, -0.05) is 22.8 Å². The Morgan fingerprint density at radius 1 is 1.14 bits per heavy atom. The van der Waals surface area contributed by atoms with E-state index in [1.165, 1.54) is 18.2 Å². The van der Waals surface area contributed by atoms with Gasteiger partial charge < -0.3 is 9.63 Å². The normalized spacial score (nSPS) is 10.8. The van der Waals surface area contributed by atoms with E-state index in [-0.39, 0.29) is 12.2 Å². The van der Waals surface area contributed by atoms with Crippen LogP contribution >= 0.6 is 11.6 Å². The van der Waals surface area contributed by atoms with Gasteiger partial charge in [-0.15, -0.1) is 0 Å². The first-order chi connectivity index (χ1) is 10.1. The predicted octanol–water partition coefficient (Wildman–Crippen LogP) is 3.83. The van der Waals surface area contributed by atoms with Crippen LogP contribution in [0.3, 0.4) is 0 Å². The van der Waals surface area contributed by atoms with Crippen LogP contribution in [0.5, 0.6) is 5.75 Å². The van der Waals surface area contributed by atoms with Gasteiger partial charge in [0.05, 0.1) is 0 Å². The van der Waals surface area contributed by atoms with E-state index in [0.717, 1.165) is 0 Å². The molecular weight excluding hydrogens is 295 g/mol. The zero-order valence-corrected chi connectivity index (χ0v) is 11.5. The van der Waals surface area contributed by atoms with Crippen molar-refractivity contribution in [2.45, 2.75) is 6.42 Å². The number of aromatic nitrogens is 2. The molecule has 4 nitrogen and oxygen atoms in total. The van der Waals surface area contributed by atoms with Crippen molar-refractivity contribution in [2.75, 3.05) is 0 Å². The molecule has 0 spiro atoms. The summed E-state index contributed by atoms with van der Waals surface area (Å²) in [5.41, 5.74) is 1.00. The Balaban J connectivity index is 1.87. The molecule has 0 aliphatic heterocycles. The molecule has 0 fully saturated rings. The third-order valence-corrected chi connectivity index (χ3v) is 3.33. The third-order valence-electron chi connectivity index (χ3n) is 2.98. The second-order valence-electron chi connectivity index (χ2n) is 4.44. The van der Waals surface area contributed by atoms with Crippen molar-refractivity contribution in [1.82, 2.24) is 10.1 Å². The van der Waals surface area contributed by atoms with Crippen LogP contribution in [0.4, 0.5) is 4.39 Å². The van der Waals surface area contributed by atoms with E-state index in [4.69, 9.17) is 16.1 Å². The average molecular weight is 305 g/mol. The molecule has 2 aromatic carbocycles. The molecule has 1 aromatic heterocycles. The number of hydrogen-bond donors (Lipinski definition) is 1. The summed E-state index contributed by atoms with van der Waals surface area (Å²) >= 11 is 5.97. The standard InChI is InChI=1S/C15H10ClFN2O2/c16-12-2-1-3-13(17)11(12)8-14-18-15(21-19-14)9-4-6-10(20)7-5-9/h1-7,20H,8H2. The van der Waals surface area contributed by atoms with E-state index in [0.29, 0.717) is 27.9 Å². The van der Waals surface area contributed by atoms with Crippen molar-refractivity contribution in [3.05, 3.63) is 64.7 Å². The molecule has 0 bridgehead atoms. The molecule has 3 aromatic rings. The molecular formula is C15H10ClFN2O2. The summed E-state index contributed by atoms with van der Waals surface area (Å²) in [7, 11) is 0. The molecule has 0 saturated heterocycles. The lowest BCUT2D eigenvalue weighted by Gasteiger charge is -2.01. The van der Waals surface area contributed by atoms with Gasteiger partial charge in [0, 0.05) is 22.6 Å². The molecule has 0 radical (unpaired) electrons. The zero-order valence-electron chi connectivity index (χ0n) is 10.8. The highest BCUT2D eigenvalue weighted by atomic mass is 35.5. The molecule has 1 N–H and O–H groups in total. The maximum atomic E-state index is 13.7. The average Bonchev–Trinajstić information content (AvgIpc) is 2.92. The number of nitrogens with zero attached hydrogens (tertiary/aromatic N) is 2. The maximum absolute atomic E-state index is 13.7. The van der Waals surface area contributed by atoms with Gasteiger partial charge in [-0.05, 0) is 36.4 Å². The van der Waals surface area contributed by atoms with Gasteiger partial charge in [0.1, 0.15) is 11.6 Å². The van der Waals surface area contributed by atoms with Gasteiger partial charge >= 0.3 is 0 Å². The van der Waals surface area contributed by atoms with Crippen molar-refractivity contribution < 1.29 is 14.0 Å². The van der Waals surface area contributed by atoms with Crippen LogP contribution in [0.1, 0.15) is 11.4 Å². The van der Waals surface area contributed by atoms with Crippen LogP contribution in [0.2, 0.25) is 5.02 Å². The minimum atomic E-state index is -0.404. The number of aromatic hydroxyl groups is 1. The van der Waals surface area contributed by atoms with Crippen molar-refractivity contribution >= 4 is 11.6 Å². The summed E-state index contributed by atoms with van der Waals surface area (Å²) in [6.45, 7) is 0.